The van der Waals surface area contributed by atoms with Gasteiger partial charge in [0.15, 0.2) is 0 Å². The lowest BCUT2D eigenvalue weighted by Crippen LogP contribution is -2.04. The molecule has 0 radical (unpaired) electrons. The van der Waals surface area contributed by atoms with Gasteiger partial charge in [-0.1, -0.05) is 36.4 Å². The Balaban J connectivity index is 2.62. The van der Waals surface area contributed by atoms with Gasteiger partial charge in [0, 0.05) is 10.8 Å². The van der Waals surface area contributed by atoms with Crippen LogP contribution in [0.5, 0.6) is 0 Å². The van der Waals surface area contributed by atoms with Crippen LogP contribution < -0.4 is 4.99 Å². The smallest absolute Gasteiger partial charge is 0.0918 e. The summed E-state index contributed by atoms with van der Waals surface area (Å²) in [5.74, 6) is 0. The van der Waals surface area contributed by atoms with E-state index in [0.717, 1.165) is 21.8 Å². The van der Waals surface area contributed by atoms with Gasteiger partial charge < -0.3 is 0 Å². The van der Waals surface area contributed by atoms with E-state index in [0.29, 0.717) is 0 Å². The largest absolute Gasteiger partial charge is 0.242 e. The Hall–Kier alpha value is -2.00. The molecule has 3 nitrogen and oxygen atoms in total. The normalized spacial score (nSPS) is 11.0. The second-order valence-corrected chi connectivity index (χ2v) is 3.41. The molecule has 0 aliphatic heterocycles. The molecule has 3 aromatic rings. The van der Waals surface area contributed by atoms with Crippen molar-refractivity contribution in [3.8, 4) is 0 Å². The van der Waals surface area contributed by atoms with Crippen molar-refractivity contribution in [2.45, 2.75) is 0 Å². The van der Waals surface area contributed by atoms with Crippen LogP contribution in [0.4, 0.5) is 0 Å². The van der Waals surface area contributed by atoms with Crippen LogP contribution in [0, 0.1) is 0 Å². The summed E-state index contributed by atoms with van der Waals surface area (Å²) < 4.78 is 1.42. The lowest BCUT2D eigenvalue weighted by Gasteiger charge is -1.99. The number of rotatable bonds is 1. The first-order chi connectivity index (χ1) is 7.42. The number of fused-ring (bicyclic) bond motifs is 3. The minimum Gasteiger partial charge on any atom is -0.242 e. The van der Waals surface area contributed by atoms with Crippen molar-refractivity contribution >= 4 is 21.8 Å². The van der Waals surface area contributed by atoms with Gasteiger partial charge in [0.1, 0.15) is 0 Å². The fourth-order valence-corrected chi connectivity index (χ4v) is 1.97. The summed E-state index contributed by atoms with van der Waals surface area (Å²) in [6, 6.07) is 15.6. The quantitative estimate of drug-likeness (QED) is 0.483. The van der Waals surface area contributed by atoms with Gasteiger partial charge in [0.2, 0.25) is 0 Å². The zero-order valence-electron chi connectivity index (χ0n) is 7.92. The molecule has 0 bridgehead atoms. The van der Waals surface area contributed by atoms with Crippen LogP contribution in [-0.4, -0.2) is 9.99 Å². The van der Waals surface area contributed by atoms with Crippen molar-refractivity contribution in [2.24, 2.45) is 0 Å². The van der Waals surface area contributed by atoms with E-state index in [1.165, 1.54) is 4.73 Å². The molecule has 1 aromatic heterocycles. The standard InChI is InChI=1S/C12H9NO2/c14-15-13-11-7-3-1-5-9(11)10-6-2-4-8-12(10)13/h1-8,14H. The maximum atomic E-state index is 8.89. The Morgan fingerprint density at radius 1 is 0.800 bits per heavy atom. The van der Waals surface area contributed by atoms with Crippen molar-refractivity contribution in [2.75, 3.05) is 0 Å². The summed E-state index contributed by atoms with van der Waals surface area (Å²) >= 11 is 0. The zero-order valence-corrected chi connectivity index (χ0v) is 7.92. The Kier molecular flexibility index (Phi) is 1.66. The third-order valence-corrected chi connectivity index (χ3v) is 2.62. The first-order valence-corrected chi connectivity index (χ1v) is 4.72. The summed E-state index contributed by atoms with van der Waals surface area (Å²) in [4.78, 5) is 4.40. The molecular weight excluding hydrogens is 190 g/mol. The van der Waals surface area contributed by atoms with E-state index in [2.05, 4.69) is 4.99 Å². The minimum absolute atomic E-state index is 0.862. The van der Waals surface area contributed by atoms with Crippen LogP contribution in [0.2, 0.25) is 0 Å². The van der Waals surface area contributed by atoms with Crippen molar-refractivity contribution < 1.29 is 10.2 Å². The van der Waals surface area contributed by atoms with Gasteiger partial charge in [-0.05, 0) is 12.1 Å². The van der Waals surface area contributed by atoms with Gasteiger partial charge in [0.25, 0.3) is 0 Å². The molecule has 3 heteroatoms. The van der Waals surface area contributed by atoms with E-state index in [1.807, 2.05) is 48.5 Å². The molecule has 1 heterocycles. The summed E-state index contributed by atoms with van der Waals surface area (Å²) in [5.41, 5.74) is 1.72. The molecule has 15 heavy (non-hydrogen) atoms. The lowest BCUT2D eigenvalue weighted by molar-refractivity contribution is -0.234. The summed E-state index contributed by atoms with van der Waals surface area (Å²) in [7, 11) is 0. The zero-order chi connectivity index (χ0) is 10.3. The van der Waals surface area contributed by atoms with Crippen molar-refractivity contribution in [1.29, 1.82) is 0 Å². The lowest BCUT2D eigenvalue weighted by atomic mass is 10.2. The van der Waals surface area contributed by atoms with Crippen LogP contribution in [0.1, 0.15) is 0 Å². The Bertz CT molecular complexity index is 574. The number of hydrogen-bond donors (Lipinski definition) is 1. The first-order valence-electron chi connectivity index (χ1n) is 4.72. The third kappa shape index (κ3) is 1.04. The van der Waals surface area contributed by atoms with E-state index in [4.69, 9.17) is 5.26 Å². The molecule has 0 aliphatic rings. The average Bonchev–Trinajstić information content (AvgIpc) is 2.63. The van der Waals surface area contributed by atoms with Crippen molar-refractivity contribution in [1.82, 2.24) is 4.73 Å². The van der Waals surface area contributed by atoms with E-state index in [9.17, 15) is 0 Å². The van der Waals surface area contributed by atoms with Crippen LogP contribution in [0.15, 0.2) is 48.5 Å². The predicted molar refractivity (Wildman–Crippen MR) is 58.7 cm³/mol. The highest BCUT2D eigenvalue weighted by Crippen LogP contribution is 2.27. The molecular formula is C12H9NO2. The van der Waals surface area contributed by atoms with Gasteiger partial charge >= 0.3 is 0 Å². The highest BCUT2D eigenvalue weighted by atomic mass is 17.2. The topological polar surface area (TPSA) is 34.4 Å². The van der Waals surface area contributed by atoms with Gasteiger partial charge in [-0.3, -0.25) is 0 Å². The fourth-order valence-electron chi connectivity index (χ4n) is 1.97. The van der Waals surface area contributed by atoms with E-state index >= 15 is 0 Å². The molecule has 0 saturated heterocycles. The highest BCUT2D eigenvalue weighted by molar-refractivity contribution is 6.07. The third-order valence-electron chi connectivity index (χ3n) is 2.62. The van der Waals surface area contributed by atoms with Crippen molar-refractivity contribution in [3.63, 3.8) is 0 Å². The molecule has 2 aromatic carbocycles. The number of nitrogens with zero attached hydrogens (tertiary/aromatic N) is 1. The second kappa shape index (κ2) is 3.00. The Morgan fingerprint density at radius 3 is 1.73 bits per heavy atom. The number of hydrogen-bond acceptors (Lipinski definition) is 2. The summed E-state index contributed by atoms with van der Waals surface area (Å²) in [6.45, 7) is 0. The SMILES string of the molecule is OOn1c2ccccc2c2ccccc21. The molecule has 0 spiro atoms. The Morgan fingerprint density at radius 2 is 1.27 bits per heavy atom. The number of aromatic nitrogens is 1. The monoisotopic (exact) mass is 199 g/mol. The molecule has 0 saturated carbocycles. The highest BCUT2D eigenvalue weighted by Gasteiger charge is 2.09. The molecule has 1 N–H and O–H groups in total. The van der Waals surface area contributed by atoms with Crippen LogP contribution >= 0.6 is 0 Å². The first kappa shape index (κ1) is 8.32. The number of benzene rings is 2. The van der Waals surface area contributed by atoms with Gasteiger partial charge in [-0.15, -0.1) is 4.73 Å². The molecule has 0 atom stereocenters. The van der Waals surface area contributed by atoms with Crippen LogP contribution in [-0.2, 0) is 0 Å². The minimum atomic E-state index is 0.862. The fraction of sp³-hybridized carbons (Fsp3) is 0. The van der Waals surface area contributed by atoms with E-state index in [-0.39, 0.29) is 0 Å². The van der Waals surface area contributed by atoms with Crippen LogP contribution in [0.25, 0.3) is 21.8 Å². The molecule has 0 fully saturated rings. The average molecular weight is 199 g/mol. The maximum Gasteiger partial charge on any atom is 0.0918 e. The van der Waals surface area contributed by atoms with Crippen molar-refractivity contribution in [3.05, 3.63) is 48.5 Å². The predicted octanol–water partition coefficient (Wildman–Crippen LogP) is 2.70. The number of para-hydroxylation sites is 2. The van der Waals surface area contributed by atoms with E-state index in [1.54, 1.807) is 0 Å². The Labute approximate surface area is 86.0 Å². The van der Waals surface area contributed by atoms with E-state index < -0.39 is 0 Å². The molecule has 74 valence electrons. The summed E-state index contributed by atoms with van der Waals surface area (Å²) in [5, 5.41) is 11.0. The maximum absolute atomic E-state index is 8.89. The summed E-state index contributed by atoms with van der Waals surface area (Å²) in [6.07, 6.45) is 0. The van der Waals surface area contributed by atoms with Gasteiger partial charge in [0.05, 0.1) is 11.0 Å². The molecule has 0 amide bonds. The second-order valence-electron chi connectivity index (χ2n) is 3.41. The van der Waals surface area contributed by atoms with Gasteiger partial charge in [-0.2, -0.15) is 5.26 Å². The molecule has 3 rings (SSSR count). The molecule has 0 aliphatic carbocycles. The van der Waals surface area contributed by atoms with Crippen LogP contribution in [0.3, 0.4) is 0 Å². The molecule has 0 unspecified atom stereocenters. The van der Waals surface area contributed by atoms with Gasteiger partial charge in [-0.25, -0.2) is 4.99 Å².